The quantitative estimate of drug-likeness (QED) is 0.707. The number of hydrogen-bond donors (Lipinski definition) is 2. The standard InChI is InChI=1S/C17H23N5OS/c1-3-12(8-18-16-19-10-13(24-2)11-20-16)9-21-17-22-14-6-4-5-7-15(14)23-17/h5,7,10-12H,3-4,6,8-9H2,1-2H3,(H,21,22)(H,18,19,20). The van der Waals surface area contributed by atoms with Crippen molar-refractivity contribution in [3.63, 3.8) is 0 Å². The molecule has 2 aromatic rings. The van der Waals surface area contributed by atoms with Crippen LogP contribution in [-0.2, 0) is 6.42 Å². The van der Waals surface area contributed by atoms with Gasteiger partial charge < -0.3 is 15.1 Å². The molecule has 6 nitrogen and oxygen atoms in total. The Morgan fingerprint density at radius 3 is 2.75 bits per heavy atom. The first-order valence-electron chi connectivity index (χ1n) is 8.28. The molecule has 1 unspecified atom stereocenters. The number of anilines is 2. The zero-order valence-electron chi connectivity index (χ0n) is 14.1. The van der Waals surface area contributed by atoms with Gasteiger partial charge in [-0.1, -0.05) is 13.0 Å². The number of allylic oxidation sites excluding steroid dienone is 1. The van der Waals surface area contributed by atoms with Crippen LogP contribution in [0.25, 0.3) is 6.08 Å². The zero-order valence-corrected chi connectivity index (χ0v) is 14.9. The van der Waals surface area contributed by atoms with Crippen LogP contribution in [0.15, 0.2) is 27.8 Å². The Labute approximate surface area is 146 Å². The summed E-state index contributed by atoms with van der Waals surface area (Å²) in [6.07, 6.45) is 12.9. The maximum atomic E-state index is 5.73. The highest BCUT2D eigenvalue weighted by Gasteiger charge is 2.14. The second kappa shape index (κ2) is 8.19. The SMILES string of the molecule is CCC(CNc1ncc(SC)cn1)CNc1nc2c(o1)C=CCC2. The number of aromatic nitrogens is 3. The predicted molar refractivity (Wildman–Crippen MR) is 98.4 cm³/mol. The van der Waals surface area contributed by atoms with Crippen LogP contribution in [0.3, 0.4) is 0 Å². The first-order chi connectivity index (χ1) is 11.8. The molecule has 0 amide bonds. The molecule has 0 saturated carbocycles. The Morgan fingerprint density at radius 2 is 2.04 bits per heavy atom. The number of oxazole rings is 1. The number of rotatable bonds is 8. The molecule has 2 N–H and O–H groups in total. The van der Waals surface area contributed by atoms with Crippen molar-refractivity contribution in [2.75, 3.05) is 30.0 Å². The highest BCUT2D eigenvalue weighted by Crippen LogP contribution is 2.22. The Balaban J connectivity index is 1.49. The third-order valence-electron chi connectivity index (χ3n) is 4.08. The molecule has 1 atom stereocenters. The first kappa shape index (κ1) is 16.8. The number of hydrogen-bond acceptors (Lipinski definition) is 7. The molecule has 24 heavy (non-hydrogen) atoms. The number of nitrogens with zero attached hydrogens (tertiary/aromatic N) is 3. The lowest BCUT2D eigenvalue weighted by Crippen LogP contribution is -2.22. The lowest BCUT2D eigenvalue weighted by Gasteiger charge is -2.15. The number of fused-ring (bicyclic) bond motifs is 1. The fourth-order valence-corrected chi connectivity index (χ4v) is 2.82. The van der Waals surface area contributed by atoms with Crippen molar-refractivity contribution >= 4 is 29.8 Å². The molecular formula is C17H23N5OS. The minimum atomic E-state index is 0.438. The van der Waals surface area contributed by atoms with Gasteiger partial charge in [0, 0.05) is 30.4 Å². The molecule has 0 radical (unpaired) electrons. The van der Waals surface area contributed by atoms with Crippen molar-refractivity contribution in [1.29, 1.82) is 0 Å². The maximum absolute atomic E-state index is 5.73. The molecule has 1 aliphatic carbocycles. The Kier molecular flexibility index (Phi) is 5.74. The zero-order chi connectivity index (χ0) is 16.8. The highest BCUT2D eigenvalue weighted by molar-refractivity contribution is 7.98. The van der Waals surface area contributed by atoms with E-state index in [1.807, 2.05) is 24.7 Å². The van der Waals surface area contributed by atoms with Gasteiger partial charge >= 0.3 is 0 Å². The van der Waals surface area contributed by atoms with Gasteiger partial charge in [-0.05, 0) is 37.5 Å². The van der Waals surface area contributed by atoms with Gasteiger partial charge in [0.1, 0.15) is 0 Å². The third-order valence-corrected chi connectivity index (χ3v) is 4.76. The molecule has 2 aromatic heterocycles. The molecule has 0 fully saturated rings. The second-order valence-electron chi connectivity index (χ2n) is 5.75. The first-order valence-corrected chi connectivity index (χ1v) is 9.51. The van der Waals surface area contributed by atoms with E-state index < -0.39 is 0 Å². The van der Waals surface area contributed by atoms with Crippen molar-refractivity contribution in [2.24, 2.45) is 5.92 Å². The number of thioether (sulfide) groups is 1. The van der Waals surface area contributed by atoms with Crippen LogP contribution in [0.2, 0.25) is 0 Å². The lowest BCUT2D eigenvalue weighted by atomic mass is 10.1. The molecule has 3 rings (SSSR count). The summed E-state index contributed by atoms with van der Waals surface area (Å²) >= 11 is 1.64. The molecule has 0 aromatic carbocycles. The van der Waals surface area contributed by atoms with Gasteiger partial charge in [-0.15, -0.1) is 11.8 Å². The van der Waals surface area contributed by atoms with Crippen LogP contribution in [-0.4, -0.2) is 34.3 Å². The summed E-state index contributed by atoms with van der Waals surface area (Å²) in [5, 5.41) is 6.61. The van der Waals surface area contributed by atoms with Crippen molar-refractivity contribution in [1.82, 2.24) is 15.0 Å². The predicted octanol–water partition coefficient (Wildman–Crippen LogP) is 3.70. The summed E-state index contributed by atoms with van der Waals surface area (Å²) in [5.41, 5.74) is 1.05. The van der Waals surface area contributed by atoms with Gasteiger partial charge in [0.2, 0.25) is 5.95 Å². The average molecular weight is 345 g/mol. The van der Waals surface area contributed by atoms with E-state index in [0.29, 0.717) is 17.9 Å². The molecular weight excluding hydrogens is 322 g/mol. The van der Waals surface area contributed by atoms with E-state index in [0.717, 1.165) is 48.7 Å². The van der Waals surface area contributed by atoms with Crippen molar-refractivity contribution in [3.8, 4) is 0 Å². The summed E-state index contributed by atoms with van der Waals surface area (Å²) in [4.78, 5) is 14.2. The normalized spacial score (nSPS) is 14.2. The highest BCUT2D eigenvalue weighted by atomic mass is 32.2. The molecule has 0 bridgehead atoms. The maximum Gasteiger partial charge on any atom is 0.295 e. The van der Waals surface area contributed by atoms with Crippen LogP contribution < -0.4 is 10.6 Å². The molecule has 2 heterocycles. The van der Waals surface area contributed by atoms with E-state index in [4.69, 9.17) is 4.42 Å². The van der Waals surface area contributed by atoms with Gasteiger partial charge in [-0.3, -0.25) is 0 Å². The molecule has 0 saturated heterocycles. The van der Waals surface area contributed by atoms with E-state index in [2.05, 4.69) is 38.6 Å². The van der Waals surface area contributed by atoms with E-state index in [9.17, 15) is 0 Å². The smallest absolute Gasteiger partial charge is 0.295 e. The Morgan fingerprint density at radius 1 is 1.25 bits per heavy atom. The van der Waals surface area contributed by atoms with Gasteiger partial charge in [0.05, 0.1) is 5.69 Å². The summed E-state index contributed by atoms with van der Waals surface area (Å²) in [6, 6.07) is 0.616. The van der Waals surface area contributed by atoms with Crippen molar-refractivity contribution < 1.29 is 4.42 Å². The van der Waals surface area contributed by atoms with Crippen LogP contribution in [0.1, 0.15) is 31.2 Å². The Bertz CT molecular complexity index is 683. The van der Waals surface area contributed by atoms with E-state index >= 15 is 0 Å². The summed E-state index contributed by atoms with van der Waals surface area (Å²) < 4.78 is 5.73. The van der Waals surface area contributed by atoms with Gasteiger partial charge in [-0.2, -0.15) is 4.98 Å². The summed E-state index contributed by atoms with van der Waals surface area (Å²) in [5.74, 6) is 1.99. The van der Waals surface area contributed by atoms with E-state index in [-0.39, 0.29) is 0 Å². The monoisotopic (exact) mass is 345 g/mol. The molecule has 7 heteroatoms. The summed E-state index contributed by atoms with van der Waals surface area (Å²) in [6.45, 7) is 3.78. The van der Waals surface area contributed by atoms with Crippen LogP contribution in [0, 0.1) is 5.92 Å². The lowest BCUT2D eigenvalue weighted by molar-refractivity contribution is 0.525. The van der Waals surface area contributed by atoms with Crippen LogP contribution in [0.5, 0.6) is 0 Å². The fraction of sp³-hybridized carbons (Fsp3) is 0.471. The second-order valence-corrected chi connectivity index (χ2v) is 6.63. The Hall–Kier alpha value is -2.02. The van der Waals surface area contributed by atoms with E-state index in [1.165, 1.54) is 0 Å². The van der Waals surface area contributed by atoms with Gasteiger partial charge in [-0.25, -0.2) is 9.97 Å². The van der Waals surface area contributed by atoms with Crippen LogP contribution in [0.4, 0.5) is 12.0 Å². The average Bonchev–Trinajstić information content (AvgIpc) is 3.05. The van der Waals surface area contributed by atoms with Crippen molar-refractivity contribution in [3.05, 3.63) is 29.9 Å². The minimum absolute atomic E-state index is 0.438. The number of nitrogens with one attached hydrogen (secondary N) is 2. The topological polar surface area (TPSA) is 75.9 Å². The fourth-order valence-electron chi connectivity index (χ4n) is 2.50. The molecule has 0 aliphatic heterocycles. The minimum Gasteiger partial charge on any atom is -0.424 e. The van der Waals surface area contributed by atoms with Crippen molar-refractivity contribution in [2.45, 2.75) is 31.1 Å². The molecule has 0 spiro atoms. The van der Waals surface area contributed by atoms with Gasteiger partial charge in [0.15, 0.2) is 5.76 Å². The van der Waals surface area contributed by atoms with Crippen LogP contribution >= 0.6 is 11.8 Å². The molecule has 1 aliphatic rings. The van der Waals surface area contributed by atoms with Gasteiger partial charge in [0.25, 0.3) is 6.01 Å². The number of aryl methyl sites for hydroxylation is 1. The molecule has 128 valence electrons. The summed E-state index contributed by atoms with van der Waals surface area (Å²) in [7, 11) is 0. The largest absolute Gasteiger partial charge is 0.424 e. The third kappa shape index (κ3) is 4.29. The van der Waals surface area contributed by atoms with E-state index in [1.54, 1.807) is 11.8 Å².